The number of esters is 1. The summed E-state index contributed by atoms with van der Waals surface area (Å²) in [5.74, 6) is 0.405. The van der Waals surface area contributed by atoms with E-state index in [0.29, 0.717) is 28.6 Å². The molecule has 0 spiro atoms. The number of nitrogens with one attached hydrogen (secondary N) is 1. The highest BCUT2D eigenvalue weighted by Gasteiger charge is 2.26. The minimum atomic E-state index is -0.726. The molecule has 1 amide bonds. The van der Waals surface area contributed by atoms with Crippen molar-refractivity contribution in [3.8, 4) is 11.5 Å². The average molecular weight is 433 g/mol. The van der Waals surface area contributed by atoms with E-state index in [-0.39, 0.29) is 0 Å². The Hall–Kier alpha value is -2.71. The van der Waals surface area contributed by atoms with E-state index in [1.807, 2.05) is 42.9 Å². The molecule has 0 fully saturated rings. The van der Waals surface area contributed by atoms with Gasteiger partial charge in [0.15, 0.2) is 5.82 Å². The van der Waals surface area contributed by atoms with E-state index in [1.54, 1.807) is 33.1 Å². The van der Waals surface area contributed by atoms with Gasteiger partial charge in [0.05, 0.1) is 19.0 Å². The van der Waals surface area contributed by atoms with Gasteiger partial charge in [-0.2, -0.15) is 16.9 Å². The van der Waals surface area contributed by atoms with Gasteiger partial charge in [-0.3, -0.25) is 4.79 Å². The Balaban J connectivity index is 1.97. The van der Waals surface area contributed by atoms with Gasteiger partial charge >= 0.3 is 5.97 Å². The molecule has 0 saturated carbocycles. The number of hydrogen-bond donors (Lipinski definition) is 1. The summed E-state index contributed by atoms with van der Waals surface area (Å²) in [6.45, 7) is 0. The molecular weight excluding hydrogens is 412 g/mol. The van der Waals surface area contributed by atoms with Gasteiger partial charge in [0.25, 0.3) is 5.91 Å². The maximum absolute atomic E-state index is 13.0. The smallest absolute Gasteiger partial charge is 0.328 e. The predicted molar refractivity (Wildman–Crippen MR) is 114 cm³/mol. The lowest BCUT2D eigenvalue weighted by atomic mass is 10.2. The average Bonchev–Trinajstić information content (AvgIpc) is 3.40. The molecule has 0 aliphatic rings. The molecule has 0 aliphatic heterocycles. The van der Waals surface area contributed by atoms with Gasteiger partial charge in [-0.25, -0.2) is 9.48 Å². The molecule has 0 saturated heterocycles. The molecule has 3 rings (SSSR count). The monoisotopic (exact) mass is 432 g/mol. The number of benzene rings is 1. The Morgan fingerprint density at radius 3 is 2.55 bits per heavy atom. The van der Waals surface area contributed by atoms with Gasteiger partial charge in [-0.1, -0.05) is 11.6 Å². The largest absolute Gasteiger partial charge is 0.467 e. The zero-order valence-corrected chi connectivity index (χ0v) is 17.6. The molecular formula is C20H21ClN4O3S. The first-order valence-corrected chi connectivity index (χ1v) is 10.7. The number of amides is 1. The summed E-state index contributed by atoms with van der Waals surface area (Å²) < 4.78 is 8.28. The molecule has 9 heteroatoms. The second kappa shape index (κ2) is 9.67. The van der Waals surface area contributed by atoms with E-state index < -0.39 is 17.9 Å². The minimum absolute atomic E-state index is 0.342. The van der Waals surface area contributed by atoms with Crippen LogP contribution in [0, 0.1) is 0 Å². The van der Waals surface area contributed by atoms with E-state index in [1.165, 1.54) is 13.3 Å². The highest BCUT2D eigenvalue weighted by molar-refractivity contribution is 7.98. The summed E-state index contributed by atoms with van der Waals surface area (Å²) in [5.41, 5.74) is 1.10. The number of carbonyl (C=O) groups excluding carboxylic acids is 2. The number of hydrogen-bond acceptors (Lipinski definition) is 5. The summed E-state index contributed by atoms with van der Waals surface area (Å²) in [6.07, 6.45) is 7.56. The van der Waals surface area contributed by atoms with E-state index in [9.17, 15) is 9.59 Å². The maximum Gasteiger partial charge on any atom is 0.328 e. The molecule has 3 aromatic rings. The fourth-order valence-electron chi connectivity index (χ4n) is 2.86. The molecule has 2 aromatic heterocycles. The number of ether oxygens (including phenoxy) is 1. The molecule has 0 aliphatic carbocycles. The lowest BCUT2D eigenvalue weighted by molar-refractivity contribution is -0.142. The van der Waals surface area contributed by atoms with Crippen LogP contribution >= 0.6 is 23.4 Å². The molecule has 0 unspecified atom stereocenters. The molecule has 1 atom stereocenters. The first kappa shape index (κ1) is 21.0. The summed E-state index contributed by atoms with van der Waals surface area (Å²) >= 11 is 7.59. The second-order valence-corrected chi connectivity index (χ2v) is 7.61. The lowest BCUT2D eigenvalue weighted by Crippen LogP contribution is -2.42. The van der Waals surface area contributed by atoms with Crippen LogP contribution in [-0.2, 0) is 9.53 Å². The number of aromatic nitrogens is 3. The Morgan fingerprint density at radius 2 is 1.93 bits per heavy atom. The number of methoxy groups -OCH3 is 1. The Bertz CT molecular complexity index is 970. The van der Waals surface area contributed by atoms with Gasteiger partial charge in [0.1, 0.15) is 11.6 Å². The first-order chi connectivity index (χ1) is 14.0. The van der Waals surface area contributed by atoms with Crippen molar-refractivity contribution in [3.05, 3.63) is 65.6 Å². The molecule has 1 N–H and O–H groups in total. The van der Waals surface area contributed by atoms with Crippen LogP contribution in [0.2, 0.25) is 5.02 Å². The number of halogens is 1. The van der Waals surface area contributed by atoms with Crippen LogP contribution in [0.3, 0.4) is 0 Å². The summed E-state index contributed by atoms with van der Waals surface area (Å²) in [6, 6.07) is 10.1. The lowest BCUT2D eigenvalue weighted by Gasteiger charge is -2.16. The molecule has 2 heterocycles. The quantitative estimate of drug-likeness (QED) is 0.552. The van der Waals surface area contributed by atoms with Gasteiger partial charge in [0, 0.05) is 17.4 Å². The molecule has 7 nitrogen and oxygen atoms in total. The Labute approximate surface area is 178 Å². The van der Waals surface area contributed by atoms with Crippen LogP contribution in [-0.4, -0.2) is 51.4 Å². The second-order valence-electron chi connectivity index (χ2n) is 6.19. The third-order valence-electron chi connectivity index (χ3n) is 4.31. The van der Waals surface area contributed by atoms with E-state index in [4.69, 9.17) is 16.3 Å². The third-order valence-corrected chi connectivity index (χ3v) is 5.21. The van der Waals surface area contributed by atoms with Crippen LogP contribution in [0.25, 0.3) is 11.5 Å². The Kier molecular flexibility index (Phi) is 7.00. The van der Waals surface area contributed by atoms with E-state index in [2.05, 4.69) is 10.4 Å². The minimum Gasteiger partial charge on any atom is -0.467 e. The zero-order valence-electron chi connectivity index (χ0n) is 16.0. The fourth-order valence-corrected chi connectivity index (χ4v) is 3.46. The van der Waals surface area contributed by atoms with Gasteiger partial charge in [0.2, 0.25) is 0 Å². The van der Waals surface area contributed by atoms with Crippen LogP contribution in [0.15, 0.2) is 55.0 Å². The molecule has 0 bridgehead atoms. The molecule has 1 aromatic carbocycles. The highest BCUT2D eigenvalue weighted by atomic mass is 35.5. The standard InChI is InChI=1S/C20H21ClN4O3S/c1-28-20(27)17(9-12-29-2)23-18(26)16-13-22-25(15-7-5-14(21)6-8-15)19(16)24-10-3-4-11-24/h3-8,10-11,13,17H,9,12H2,1-2H3,(H,23,26)/t17-/m0/s1. The first-order valence-electron chi connectivity index (χ1n) is 8.90. The van der Waals surface area contributed by atoms with Crippen LogP contribution in [0.1, 0.15) is 16.8 Å². The SMILES string of the molecule is COC(=O)[C@H](CCSC)NC(=O)c1cnn(-c2ccc(Cl)cc2)c1-n1cccc1. The van der Waals surface area contributed by atoms with Crippen molar-refractivity contribution < 1.29 is 14.3 Å². The normalized spacial score (nSPS) is 11.8. The fraction of sp³-hybridized carbons (Fsp3) is 0.250. The van der Waals surface area contributed by atoms with Crippen molar-refractivity contribution in [1.29, 1.82) is 0 Å². The summed E-state index contributed by atoms with van der Waals surface area (Å²) in [7, 11) is 1.31. The predicted octanol–water partition coefficient (Wildman–Crippen LogP) is 3.34. The van der Waals surface area contributed by atoms with Gasteiger partial charge in [-0.15, -0.1) is 0 Å². The molecule has 29 heavy (non-hydrogen) atoms. The molecule has 152 valence electrons. The zero-order chi connectivity index (χ0) is 20.8. The summed E-state index contributed by atoms with van der Waals surface area (Å²) in [4.78, 5) is 25.1. The van der Waals surface area contributed by atoms with Crippen LogP contribution in [0.4, 0.5) is 0 Å². The van der Waals surface area contributed by atoms with E-state index in [0.717, 1.165) is 5.69 Å². The topological polar surface area (TPSA) is 78.2 Å². The molecule has 0 radical (unpaired) electrons. The summed E-state index contributed by atoms with van der Waals surface area (Å²) in [5, 5.41) is 7.79. The third kappa shape index (κ3) is 4.83. The number of carbonyl (C=O) groups is 2. The maximum atomic E-state index is 13.0. The van der Waals surface area contributed by atoms with Gasteiger partial charge in [-0.05, 0) is 54.8 Å². The van der Waals surface area contributed by atoms with Crippen molar-refractivity contribution >= 4 is 35.2 Å². The van der Waals surface area contributed by atoms with E-state index >= 15 is 0 Å². The van der Waals surface area contributed by atoms with Crippen molar-refractivity contribution in [2.24, 2.45) is 0 Å². The van der Waals surface area contributed by atoms with Crippen molar-refractivity contribution in [2.45, 2.75) is 12.5 Å². The number of thioether (sulfide) groups is 1. The highest BCUT2D eigenvalue weighted by Crippen LogP contribution is 2.21. The van der Waals surface area contributed by atoms with Crippen LogP contribution in [0.5, 0.6) is 0 Å². The van der Waals surface area contributed by atoms with Gasteiger partial charge < -0.3 is 14.6 Å². The number of rotatable bonds is 8. The van der Waals surface area contributed by atoms with Crippen molar-refractivity contribution in [2.75, 3.05) is 19.1 Å². The van der Waals surface area contributed by atoms with Crippen LogP contribution < -0.4 is 5.32 Å². The van der Waals surface area contributed by atoms with Crippen molar-refractivity contribution in [1.82, 2.24) is 19.7 Å². The number of nitrogens with zero attached hydrogens (tertiary/aromatic N) is 3. The van der Waals surface area contributed by atoms with Crippen molar-refractivity contribution in [3.63, 3.8) is 0 Å². The Morgan fingerprint density at radius 1 is 1.24 bits per heavy atom.